The molecule has 0 unspecified atom stereocenters. The van der Waals surface area contributed by atoms with Crippen molar-refractivity contribution in [2.75, 3.05) is 29.0 Å². The van der Waals surface area contributed by atoms with Crippen LogP contribution in [0.4, 0.5) is 11.4 Å². The molecule has 0 bridgehead atoms. The molecular weight excluding hydrogens is 352 g/mol. The number of fused-ring (bicyclic) bond motifs is 1. The number of ether oxygens (including phenoxy) is 1. The van der Waals surface area contributed by atoms with Crippen LogP contribution in [0.3, 0.4) is 0 Å². The first kappa shape index (κ1) is 18.3. The summed E-state index contributed by atoms with van der Waals surface area (Å²) in [6.07, 6.45) is 1.17. The summed E-state index contributed by atoms with van der Waals surface area (Å²) in [7, 11) is -3.36. The van der Waals surface area contributed by atoms with Crippen LogP contribution in [0.5, 0.6) is 5.75 Å². The molecule has 7 heteroatoms. The first-order valence-corrected chi connectivity index (χ1v) is 10.3. The van der Waals surface area contributed by atoms with E-state index in [2.05, 4.69) is 19.2 Å². The molecule has 0 radical (unpaired) electrons. The summed E-state index contributed by atoms with van der Waals surface area (Å²) >= 11 is 0. The molecular formula is C19H22N2O4S. The molecule has 1 amide bonds. The van der Waals surface area contributed by atoms with Crippen LogP contribution in [0.15, 0.2) is 42.5 Å². The van der Waals surface area contributed by atoms with Crippen LogP contribution in [0.25, 0.3) is 0 Å². The van der Waals surface area contributed by atoms with Gasteiger partial charge in [-0.3, -0.25) is 9.10 Å². The Morgan fingerprint density at radius 3 is 2.46 bits per heavy atom. The molecule has 2 aromatic rings. The van der Waals surface area contributed by atoms with Gasteiger partial charge in [0.1, 0.15) is 12.4 Å². The number of sulfonamides is 1. The molecule has 0 atom stereocenters. The predicted octanol–water partition coefficient (Wildman–Crippen LogP) is 3.22. The molecule has 26 heavy (non-hydrogen) atoms. The molecule has 138 valence electrons. The van der Waals surface area contributed by atoms with Gasteiger partial charge >= 0.3 is 0 Å². The Morgan fingerprint density at radius 2 is 1.85 bits per heavy atom. The van der Waals surface area contributed by atoms with E-state index in [0.717, 1.165) is 0 Å². The third-order valence-corrected chi connectivity index (χ3v) is 5.46. The smallest absolute Gasteiger partial charge is 0.255 e. The predicted molar refractivity (Wildman–Crippen MR) is 103 cm³/mol. The van der Waals surface area contributed by atoms with Crippen molar-refractivity contribution in [3.8, 4) is 5.75 Å². The van der Waals surface area contributed by atoms with Crippen LogP contribution in [0.1, 0.15) is 35.7 Å². The fourth-order valence-electron chi connectivity index (χ4n) is 2.84. The van der Waals surface area contributed by atoms with Crippen molar-refractivity contribution in [2.45, 2.75) is 19.8 Å². The van der Waals surface area contributed by atoms with Crippen LogP contribution in [-0.4, -0.2) is 33.7 Å². The average Bonchev–Trinajstić information content (AvgIpc) is 2.60. The molecule has 0 spiro atoms. The quantitative estimate of drug-likeness (QED) is 0.892. The number of anilines is 2. The van der Waals surface area contributed by atoms with Gasteiger partial charge in [0.15, 0.2) is 0 Å². The summed E-state index contributed by atoms with van der Waals surface area (Å²) in [6, 6.07) is 12.4. The van der Waals surface area contributed by atoms with Gasteiger partial charge in [0, 0.05) is 17.3 Å². The average molecular weight is 374 g/mol. The molecule has 1 aliphatic heterocycles. The number of nitrogens with zero attached hydrogens (tertiary/aromatic N) is 1. The second-order valence-electron chi connectivity index (χ2n) is 6.60. The number of hydrogen-bond donors (Lipinski definition) is 1. The molecule has 0 saturated carbocycles. The lowest BCUT2D eigenvalue weighted by Crippen LogP contribution is -2.37. The Kier molecular flexibility index (Phi) is 4.91. The van der Waals surface area contributed by atoms with E-state index in [1.807, 2.05) is 12.1 Å². The van der Waals surface area contributed by atoms with Crippen LogP contribution in [0.2, 0.25) is 0 Å². The van der Waals surface area contributed by atoms with E-state index in [0.29, 0.717) is 28.6 Å². The maximum Gasteiger partial charge on any atom is 0.255 e. The van der Waals surface area contributed by atoms with Crippen LogP contribution in [-0.2, 0) is 10.0 Å². The zero-order valence-electron chi connectivity index (χ0n) is 15.0. The van der Waals surface area contributed by atoms with Crippen molar-refractivity contribution in [2.24, 2.45) is 0 Å². The first-order chi connectivity index (χ1) is 12.3. The van der Waals surface area contributed by atoms with Gasteiger partial charge in [0.2, 0.25) is 10.0 Å². The van der Waals surface area contributed by atoms with E-state index < -0.39 is 10.0 Å². The molecule has 0 saturated heterocycles. The molecule has 2 aromatic carbocycles. The summed E-state index contributed by atoms with van der Waals surface area (Å²) in [5, 5.41) is 2.82. The Hall–Kier alpha value is -2.54. The molecule has 3 rings (SSSR count). The van der Waals surface area contributed by atoms with Crippen molar-refractivity contribution < 1.29 is 17.9 Å². The van der Waals surface area contributed by atoms with Crippen molar-refractivity contribution in [1.29, 1.82) is 0 Å². The van der Waals surface area contributed by atoms with Gasteiger partial charge in [-0.05, 0) is 35.7 Å². The Bertz CT molecular complexity index is 921. The monoisotopic (exact) mass is 374 g/mol. The number of hydrogen-bond acceptors (Lipinski definition) is 4. The lowest BCUT2D eigenvalue weighted by molar-refractivity contribution is 0.102. The Labute approximate surface area is 153 Å². The number of benzene rings is 2. The summed E-state index contributed by atoms with van der Waals surface area (Å²) < 4.78 is 30.6. The summed E-state index contributed by atoms with van der Waals surface area (Å²) in [6.45, 7) is 4.75. The molecule has 1 N–H and O–H groups in total. The lowest BCUT2D eigenvalue weighted by atomic mass is 10.0. The van der Waals surface area contributed by atoms with Gasteiger partial charge < -0.3 is 10.1 Å². The van der Waals surface area contributed by atoms with Gasteiger partial charge in [-0.25, -0.2) is 8.42 Å². The molecule has 1 aliphatic rings. The second-order valence-corrected chi connectivity index (χ2v) is 8.50. The van der Waals surface area contributed by atoms with E-state index in [9.17, 15) is 13.2 Å². The third-order valence-electron chi connectivity index (χ3n) is 4.28. The highest BCUT2D eigenvalue weighted by Crippen LogP contribution is 2.35. The minimum atomic E-state index is -3.36. The van der Waals surface area contributed by atoms with E-state index in [1.165, 1.54) is 16.1 Å². The van der Waals surface area contributed by atoms with Crippen molar-refractivity contribution in [3.05, 3.63) is 53.6 Å². The number of nitrogens with one attached hydrogen (secondary N) is 1. The molecule has 0 aromatic heterocycles. The SMILES string of the molecule is CC(C)c1ccc(C(=O)Nc2ccc3c(c2)OCCN3S(C)(=O)=O)cc1. The van der Waals surface area contributed by atoms with E-state index >= 15 is 0 Å². The maximum absolute atomic E-state index is 12.4. The van der Waals surface area contributed by atoms with Crippen LogP contribution < -0.4 is 14.4 Å². The van der Waals surface area contributed by atoms with Gasteiger partial charge in [-0.1, -0.05) is 26.0 Å². The normalized spacial score (nSPS) is 13.9. The van der Waals surface area contributed by atoms with Gasteiger partial charge in [0.05, 0.1) is 18.5 Å². The second kappa shape index (κ2) is 6.99. The minimum absolute atomic E-state index is 0.226. The summed E-state index contributed by atoms with van der Waals surface area (Å²) in [4.78, 5) is 12.4. The number of carbonyl (C=O) groups excluding carboxylic acids is 1. The molecule has 0 fully saturated rings. The highest BCUT2D eigenvalue weighted by atomic mass is 32.2. The van der Waals surface area contributed by atoms with Crippen molar-refractivity contribution in [1.82, 2.24) is 0 Å². The van der Waals surface area contributed by atoms with E-state index in [4.69, 9.17) is 4.74 Å². The van der Waals surface area contributed by atoms with Crippen molar-refractivity contribution in [3.63, 3.8) is 0 Å². The summed E-state index contributed by atoms with van der Waals surface area (Å²) in [5.41, 5.74) is 2.77. The fraction of sp³-hybridized carbons (Fsp3) is 0.316. The highest BCUT2D eigenvalue weighted by molar-refractivity contribution is 7.92. The zero-order chi connectivity index (χ0) is 18.9. The lowest BCUT2D eigenvalue weighted by Gasteiger charge is -2.29. The van der Waals surface area contributed by atoms with Gasteiger partial charge in [-0.15, -0.1) is 0 Å². The third kappa shape index (κ3) is 3.83. The number of amides is 1. The minimum Gasteiger partial charge on any atom is -0.489 e. The Balaban J connectivity index is 1.80. The molecule has 6 nitrogen and oxygen atoms in total. The number of carbonyl (C=O) groups is 1. The van der Waals surface area contributed by atoms with Gasteiger partial charge in [0.25, 0.3) is 5.91 Å². The molecule has 0 aliphatic carbocycles. The van der Waals surface area contributed by atoms with E-state index in [-0.39, 0.29) is 19.1 Å². The topological polar surface area (TPSA) is 75.7 Å². The van der Waals surface area contributed by atoms with Crippen molar-refractivity contribution >= 4 is 27.3 Å². The van der Waals surface area contributed by atoms with Crippen LogP contribution >= 0.6 is 0 Å². The molecule has 1 heterocycles. The van der Waals surface area contributed by atoms with Gasteiger partial charge in [-0.2, -0.15) is 0 Å². The zero-order valence-corrected chi connectivity index (χ0v) is 15.8. The standard InChI is InChI=1S/C19H22N2O4S/c1-13(2)14-4-6-15(7-5-14)19(22)20-16-8-9-17-18(12-16)25-11-10-21(17)26(3,23)24/h4-9,12-13H,10-11H2,1-3H3,(H,20,22). The fourth-order valence-corrected chi connectivity index (χ4v) is 3.75. The van der Waals surface area contributed by atoms with E-state index in [1.54, 1.807) is 30.3 Å². The maximum atomic E-state index is 12.4. The summed E-state index contributed by atoms with van der Waals surface area (Å²) in [5.74, 6) is 0.619. The Morgan fingerprint density at radius 1 is 1.15 bits per heavy atom. The largest absolute Gasteiger partial charge is 0.489 e. The number of rotatable bonds is 4. The van der Waals surface area contributed by atoms with Crippen LogP contribution in [0, 0.1) is 0 Å². The highest BCUT2D eigenvalue weighted by Gasteiger charge is 2.25. The first-order valence-electron chi connectivity index (χ1n) is 8.41.